The van der Waals surface area contributed by atoms with Gasteiger partial charge in [-0.05, 0) is 100 Å². The topological polar surface area (TPSA) is 274 Å². The summed E-state index contributed by atoms with van der Waals surface area (Å²) in [7, 11) is 3.04. The third-order valence-electron chi connectivity index (χ3n) is 14.3. The van der Waals surface area contributed by atoms with Crippen molar-refractivity contribution >= 4 is 58.6 Å². The molecule has 83 heavy (non-hydrogen) atoms. The average molecular weight is 1220 g/mol. The van der Waals surface area contributed by atoms with Crippen molar-refractivity contribution in [3.63, 3.8) is 0 Å². The summed E-state index contributed by atoms with van der Waals surface area (Å²) in [5, 5.41) is 11.8. The molecule has 7 rings (SSSR count). The Morgan fingerprint density at radius 2 is 1.42 bits per heavy atom. The van der Waals surface area contributed by atoms with Gasteiger partial charge in [-0.25, -0.2) is 21.6 Å². The van der Waals surface area contributed by atoms with Crippen LogP contribution in [0.2, 0.25) is 0 Å². The summed E-state index contributed by atoms with van der Waals surface area (Å²) in [5.74, 6) is 0.381. The Bertz CT molecular complexity index is 2780. The average Bonchev–Trinajstić information content (AvgIpc) is 3.26. The van der Waals surface area contributed by atoms with E-state index in [1.54, 1.807) is 61.0 Å². The van der Waals surface area contributed by atoms with E-state index < -0.39 is 36.3 Å². The molecule has 8 N–H and O–H groups in total. The molecule has 0 aromatic heterocycles. The van der Waals surface area contributed by atoms with Crippen LogP contribution in [-0.2, 0) is 25.7 Å². The summed E-state index contributed by atoms with van der Waals surface area (Å²) < 4.78 is 29.7. The molecule has 7 amide bonds. The quantitative estimate of drug-likeness (QED) is 0.0170. The first-order chi connectivity index (χ1) is 39.4. The zero-order valence-electron chi connectivity index (χ0n) is 49.5. The van der Waals surface area contributed by atoms with Crippen molar-refractivity contribution in [1.29, 1.82) is 0 Å². The summed E-state index contributed by atoms with van der Waals surface area (Å²) in [4.78, 5) is 95.5. The Labute approximate surface area is 536 Å². The molecule has 0 radical (unpaired) electrons. The number of rotatable bonds is 28. The fourth-order valence-corrected chi connectivity index (χ4v) is 10.00. The summed E-state index contributed by atoms with van der Waals surface area (Å²) in [5.41, 5.74) is 16.5. The summed E-state index contributed by atoms with van der Waals surface area (Å²) in [6.07, 6.45) is 4.46. The number of fused-ring (bicyclic) bond motifs is 4. The third-order valence-corrected chi connectivity index (χ3v) is 14.3. The number of carbonyl (C=O) groups excluding carboxylic acids is 7. The van der Waals surface area contributed by atoms with Crippen LogP contribution in [0.1, 0.15) is 132 Å². The van der Waals surface area contributed by atoms with Crippen LogP contribution < -0.4 is 120 Å². The van der Waals surface area contributed by atoms with Crippen LogP contribution in [0, 0.1) is 12.5 Å². The van der Waals surface area contributed by atoms with Crippen molar-refractivity contribution in [3.05, 3.63) is 96.1 Å². The van der Waals surface area contributed by atoms with E-state index in [-0.39, 0.29) is 124 Å². The molecule has 4 atom stereocenters. The molecule has 23 heteroatoms. The van der Waals surface area contributed by atoms with Crippen molar-refractivity contribution in [1.82, 2.24) is 31.2 Å². The number of ketones is 1. The van der Waals surface area contributed by atoms with E-state index in [1.165, 1.54) is 18.9 Å². The Kier molecular flexibility index (Phi) is 27.1. The van der Waals surface area contributed by atoms with E-state index in [4.69, 9.17) is 29.4 Å². The van der Waals surface area contributed by atoms with Crippen LogP contribution in [0.3, 0.4) is 0 Å². The van der Waals surface area contributed by atoms with Gasteiger partial charge in [0, 0.05) is 62.5 Å². The molecular formula is C60H83N10O12Rb. The number of methoxy groups -OCH3 is 2. The van der Waals surface area contributed by atoms with E-state index >= 15 is 0 Å². The van der Waals surface area contributed by atoms with Gasteiger partial charge in [-0.15, -0.1) is 0 Å². The summed E-state index contributed by atoms with van der Waals surface area (Å²) >= 11 is 0. The van der Waals surface area contributed by atoms with Gasteiger partial charge >= 0.3 is 70.3 Å². The fourth-order valence-electron chi connectivity index (χ4n) is 10.00. The second-order valence-corrected chi connectivity index (χ2v) is 20.9. The molecule has 0 saturated carbocycles. The van der Waals surface area contributed by atoms with Gasteiger partial charge in [-0.3, -0.25) is 19.2 Å². The molecule has 22 nitrogen and oxygen atoms in total. The van der Waals surface area contributed by atoms with Gasteiger partial charge in [0.1, 0.15) is 18.4 Å². The van der Waals surface area contributed by atoms with Gasteiger partial charge in [0.05, 0.1) is 56.5 Å². The second kappa shape index (κ2) is 33.3. The maximum Gasteiger partial charge on any atom is 1.00 e. The van der Waals surface area contributed by atoms with Crippen LogP contribution >= 0.6 is 0 Å². The van der Waals surface area contributed by atoms with E-state index in [0.29, 0.717) is 130 Å². The number of unbranched alkanes of at least 4 members (excludes halogenated alkanes) is 3. The molecule has 2 fully saturated rings. The molecule has 3 unspecified atom stereocenters. The third kappa shape index (κ3) is 19.2. The van der Waals surface area contributed by atoms with Gasteiger partial charge < -0.3 is 75.6 Å². The molecule has 4 aliphatic rings. The minimum atomic E-state index is -0.828. The normalized spacial score (nSPS) is 16.6. The number of hydrazine groups is 1. The molecule has 4 heterocycles. The molecule has 4 aliphatic heterocycles. The first kappa shape index (κ1) is 67.6. The van der Waals surface area contributed by atoms with E-state index in [2.05, 4.69) is 45.3 Å². The van der Waals surface area contributed by atoms with Crippen LogP contribution in [0.15, 0.2) is 72.8 Å². The number of nitrogens with two attached hydrogens (primary N) is 1. The Hall–Kier alpha value is -6.20. The van der Waals surface area contributed by atoms with Crippen molar-refractivity contribution in [2.75, 3.05) is 69.3 Å². The molecule has 3 aromatic carbocycles. The van der Waals surface area contributed by atoms with Crippen molar-refractivity contribution in [3.8, 4) is 23.0 Å². The number of ether oxygens (including phenoxy) is 5. The Balaban J connectivity index is 0.00000416. The van der Waals surface area contributed by atoms with Crippen molar-refractivity contribution in [2.24, 2.45) is 11.7 Å². The van der Waals surface area contributed by atoms with E-state index in [1.807, 2.05) is 38.7 Å². The number of hydrogen-bond donors (Lipinski definition) is 7. The SMILES string of the molecule is C=C1CC2[CH-]N(C(=O)OCc3ccc(NNC(CCCCNC(N)=O)NC(=O)[C@@H](NC(=O)CCCC(C)=O)C(C)C)cc3)c3cc(OCCCCCOc4cc5c(cc4OC)C(=O)N4CC(=C)CC4CN5)c(OC)cc3C(=O)N2C1.CC.[Rb+]. The summed E-state index contributed by atoms with van der Waals surface area (Å²) in [6, 6.07) is 12.0. The number of nitrogens with one attached hydrogen (secondary N) is 6. The molecule has 0 aliphatic carbocycles. The first-order valence-corrected chi connectivity index (χ1v) is 28.4. The van der Waals surface area contributed by atoms with Crippen LogP contribution in [0.5, 0.6) is 23.0 Å². The van der Waals surface area contributed by atoms with Crippen molar-refractivity contribution < 1.29 is 115 Å². The largest absolute Gasteiger partial charge is 1.00 e. The number of Topliss-reactive ketones (excluding diaryl/α,β-unsaturated/α-hetero) is 1. The number of carbonyl (C=O) groups is 7. The number of benzene rings is 3. The van der Waals surface area contributed by atoms with Gasteiger partial charge in [-0.1, -0.05) is 70.2 Å². The van der Waals surface area contributed by atoms with Gasteiger partial charge in [-0.2, -0.15) is 0 Å². The zero-order valence-corrected chi connectivity index (χ0v) is 54.5. The second-order valence-electron chi connectivity index (χ2n) is 20.9. The maximum atomic E-state index is 14.2. The van der Waals surface area contributed by atoms with Crippen LogP contribution in [0.25, 0.3) is 0 Å². The number of hydrogen-bond acceptors (Lipinski definition) is 15. The van der Waals surface area contributed by atoms with Gasteiger partial charge in [0.2, 0.25) is 11.8 Å². The standard InChI is InChI=1S/C58H77N10O12.C2H6.Rb/c1-35(2)53(63-52(70)16-13-14-38(5)69)54(71)62-51(15-9-10-21-60-57(59)74)65-64-40-19-17-39(18-20-40)34-80-58(75)68-33-42-25-37(4)32-67(42)56(73)44-27-48(77-7)50(29-46(44)68)79-23-12-8-11-22-78-49-28-45-43(26-47(49)76-6)55(72)66-31-36(3)24-41(66)30-61-45;1-2;/h17-20,26-29,33,35,41-42,51,53,61,64-65H,3-4,8-16,21-25,30-32,34H2,1-2,5-7H3,(H,62,71)(H,63,70)(H3,59,60,74);1-2H3;/q-1;;+1/t41?,42?,51?,53-;;/m0../s1. The minimum Gasteiger partial charge on any atom is -0.493 e. The maximum absolute atomic E-state index is 14.2. The molecule has 2 saturated heterocycles. The Morgan fingerprint density at radius 1 is 0.783 bits per heavy atom. The number of anilines is 3. The molecule has 3 aromatic rings. The Morgan fingerprint density at radius 3 is 2.07 bits per heavy atom. The molecule has 0 spiro atoms. The molecule has 446 valence electrons. The van der Waals surface area contributed by atoms with Crippen LogP contribution in [-0.4, -0.2) is 129 Å². The number of urea groups is 1. The number of amides is 7. The molecule has 0 bridgehead atoms. The number of nitrogens with zero attached hydrogens (tertiary/aromatic N) is 3. The summed E-state index contributed by atoms with van der Waals surface area (Å²) in [6.45, 7) is 21.5. The predicted molar refractivity (Wildman–Crippen MR) is 313 cm³/mol. The van der Waals surface area contributed by atoms with Crippen LogP contribution in [0.4, 0.5) is 26.7 Å². The van der Waals surface area contributed by atoms with E-state index in [9.17, 15) is 33.6 Å². The smallest absolute Gasteiger partial charge is 0.493 e. The first-order valence-electron chi connectivity index (χ1n) is 28.4. The van der Waals surface area contributed by atoms with Gasteiger partial charge in [0.25, 0.3) is 11.8 Å². The monoisotopic (exact) mass is 1220 g/mol. The van der Waals surface area contributed by atoms with Crippen molar-refractivity contribution in [2.45, 2.75) is 136 Å². The number of primary amides is 1. The van der Waals surface area contributed by atoms with Gasteiger partial charge in [0.15, 0.2) is 23.0 Å². The predicted octanol–water partition coefficient (Wildman–Crippen LogP) is 4.75. The fraction of sp³-hybridized carbons (Fsp3) is 0.500. The zero-order chi connectivity index (χ0) is 59.5. The van der Waals surface area contributed by atoms with E-state index in [0.717, 1.165) is 24.0 Å². The molecular weight excluding hydrogens is 1140 g/mol. The minimum absolute atomic E-state index is 0.